The summed E-state index contributed by atoms with van der Waals surface area (Å²) in [6, 6.07) is 2.74. The first-order chi connectivity index (χ1) is 9.52. The van der Waals surface area contributed by atoms with Gasteiger partial charge in [0.2, 0.25) is 0 Å². The molecule has 5 heteroatoms. The molecule has 0 bridgehead atoms. The molecule has 1 aromatic heterocycles. The van der Waals surface area contributed by atoms with Gasteiger partial charge in [-0.2, -0.15) is 11.8 Å². The van der Waals surface area contributed by atoms with Crippen molar-refractivity contribution in [2.45, 2.75) is 45.7 Å². The van der Waals surface area contributed by atoms with Crippen molar-refractivity contribution in [3.63, 3.8) is 0 Å². The van der Waals surface area contributed by atoms with Gasteiger partial charge >= 0.3 is 6.03 Å². The number of hydrogen-bond donors (Lipinski definition) is 1. The van der Waals surface area contributed by atoms with Crippen LogP contribution in [0.5, 0.6) is 0 Å². The minimum Gasteiger partial charge on any atom is -0.331 e. The summed E-state index contributed by atoms with van der Waals surface area (Å²) in [5, 5.41) is 3.13. The average Bonchev–Trinajstić information content (AvgIpc) is 3.06. The number of nitrogens with one attached hydrogen (secondary N) is 1. The number of rotatable bonds is 4. The fraction of sp³-hybridized carbons (Fsp3) is 0.667. The Balaban J connectivity index is 1.95. The molecule has 1 N–H and O–H groups in total. The molecule has 0 saturated carbocycles. The van der Waals surface area contributed by atoms with E-state index in [0.29, 0.717) is 6.04 Å². The summed E-state index contributed by atoms with van der Waals surface area (Å²) < 4.78 is 0. The quantitative estimate of drug-likeness (QED) is 0.916. The summed E-state index contributed by atoms with van der Waals surface area (Å²) in [5.41, 5.74) is 1.34. The fourth-order valence-corrected chi connectivity index (χ4v) is 4.85. The van der Waals surface area contributed by atoms with Crippen LogP contribution in [0.2, 0.25) is 0 Å². The molecule has 1 aromatic rings. The molecule has 0 radical (unpaired) electrons. The molecule has 0 spiro atoms. The normalized spacial score (nSPS) is 19.9. The summed E-state index contributed by atoms with van der Waals surface area (Å²) in [4.78, 5) is 16.8. The Bertz CT molecular complexity index is 466. The molecule has 2 rings (SSSR count). The van der Waals surface area contributed by atoms with Crippen LogP contribution in [0.3, 0.4) is 0 Å². The number of nitrogens with zero attached hydrogens (tertiary/aromatic N) is 1. The van der Waals surface area contributed by atoms with Crippen molar-refractivity contribution in [1.82, 2.24) is 10.2 Å². The van der Waals surface area contributed by atoms with E-state index in [9.17, 15) is 4.79 Å². The first kappa shape index (κ1) is 15.7. The van der Waals surface area contributed by atoms with Crippen molar-refractivity contribution in [3.05, 3.63) is 21.4 Å². The Labute approximate surface area is 130 Å². The number of urea groups is 1. The van der Waals surface area contributed by atoms with Crippen LogP contribution in [0.1, 0.15) is 41.6 Å². The maximum Gasteiger partial charge on any atom is 0.317 e. The summed E-state index contributed by atoms with van der Waals surface area (Å²) >= 11 is 3.75. The van der Waals surface area contributed by atoms with Gasteiger partial charge in [-0.25, -0.2) is 4.79 Å². The van der Waals surface area contributed by atoms with Crippen molar-refractivity contribution in [2.24, 2.45) is 0 Å². The van der Waals surface area contributed by atoms with E-state index in [1.54, 1.807) is 0 Å². The van der Waals surface area contributed by atoms with E-state index in [-0.39, 0.29) is 12.1 Å². The second-order valence-electron chi connectivity index (χ2n) is 5.41. The van der Waals surface area contributed by atoms with Crippen molar-refractivity contribution in [3.8, 4) is 0 Å². The van der Waals surface area contributed by atoms with Gasteiger partial charge in [0.25, 0.3) is 0 Å². The number of aryl methyl sites for hydroxylation is 2. The molecule has 0 aliphatic carbocycles. The summed E-state index contributed by atoms with van der Waals surface area (Å²) in [7, 11) is 1.91. The van der Waals surface area contributed by atoms with Crippen LogP contribution in [-0.4, -0.2) is 35.5 Å². The zero-order valence-corrected chi connectivity index (χ0v) is 14.4. The van der Waals surface area contributed by atoms with E-state index in [1.165, 1.54) is 21.1 Å². The lowest BCUT2D eigenvalue weighted by Crippen LogP contribution is -2.44. The molecule has 3 nitrogen and oxygen atoms in total. The second-order valence-corrected chi connectivity index (χ2v) is 7.73. The molecule has 2 heterocycles. The molecule has 20 heavy (non-hydrogen) atoms. The number of carbonyl (C=O) groups excluding carboxylic acids is 1. The summed E-state index contributed by atoms with van der Waals surface area (Å²) in [6.45, 7) is 6.40. The number of thiophene rings is 1. The van der Waals surface area contributed by atoms with Crippen LogP contribution in [0, 0.1) is 6.92 Å². The van der Waals surface area contributed by atoms with Crippen molar-refractivity contribution in [1.29, 1.82) is 0 Å². The Hall–Kier alpha value is -0.680. The fourth-order valence-electron chi connectivity index (χ4n) is 2.46. The van der Waals surface area contributed by atoms with E-state index in [1.807, 2.05) is 35.0 Å². The van der Waals surface area contributed by atoms with Gasteiger partial charge in [-0.3, -0.25) is 0 Å². The molecule has 2 atom stereocenters. The van der Waals surface area contributed by atoms with Crippen LogP contribution in [0.4, 0.5) is 4.79 Å². The number of carbonyl (C=O) groups is 1. The minimum atomic E-state index is 0.0501. The van der Waals surface area contributed by atoms with Crippen molar-refractivity contribution < 1.29 is 4.79 Å². The molecule has 2 amide bonds. The largest absolute Gasteiger partial charge is 0.331 e. The highest BCUT2D eigenvalue weighted by atomic mass is 32.2. The van der Waals surface area contributed by atoms with Crippen LogP contribution in [-0.2, 0) is 6.42 Å². The smallest absolute Gasteiger partial charge is 0.317 e. The molecular formula is C15H24N2OS2. The maximum atomic E-state index is 12.3. The molecule has 1 fully saturated rings. The van der Waals surface area contributed by atoms with E-state index in [4.69, 9.17) is 0 Å². The van der Waals surface area contributed by atoms with Gasteiger partial charge in [-0.15, -0.1) is 11.3 Å². The lowest BCUT2D eigenvalue weighted by molar-refractivity contribution is 0.192. The van der Waals surface area contributed by atoms with Gasteiger partial charge in [0.05, 0.1) is 6.04 Å². The first-order valence-electron chi connectivity index (χ1n) is 7.23. The number of thioether (sulfide) groups is 1. The highest BCUT2D eigenvalue weighted by Gasteiger charge is 2.25. The monoisotopic (exact) mass is 312 g/mol. The minimum absolute atomic E-state index is 0.0501. The Kier molecular flexibility index (Phi) is 5.38. The number of amides is 2. The molecule has 0 aromatic carbocycles. The molecule has 1 aliphatic heterocycles. The van der Waals surface area contributed by atoms with Crippen LogP contribution in [0.15, 0.2) is 6.07 Å². The van der Waals surface area contributed by atoms with E-state index in [2.05, 4.69) is 32.2 Å². The van der Waals surface area contributed by atoms with Gasteiger partial charge < -0.3 is 10.2 Å². The summed E-state index contributed by atoms with van der Waals surface area (Å²) in [5.74, 6) is 2.23. The van der Waals surface area contributed by atoms with E-state index >= 15 is 0 Å². The van der Waals surface area contributed by atoms with Crippen molar-refractivity contribution >= 4 is 29.1 Å². The standard InChI is InChI=1S/C15H24N2OS2/c1-5-13-10(2)8-14(20-13)11(3)16-15(18)17(4)12-6-7-19-9-12/h8,11-12H,5-7,9H2,1-4H3,(H,16,18)/t11-,12+/m1/s1. The highest BCUT2D eigenvalue weighted by molar-refractivity contribution is 7.99. The maximum absolute atomic E-state index is 12.3. The van der Waals surface area contributed by atoms with Crippen LogP contribution < -0.4 is 5.32 Å². The Morgan fingerprint density at radius 1 is 1.60 bits per heavy atom. The molecule has 0 unspecified atom stereocenters. The third kappa shape index (κ3) is 3.50. The summed E-state index contributed by atoms with van der Waals surface area (Å²) in [6.07, 6.45) is 2.18. The van der Waals surface area contributed by atoms with Gasteiger partial charge in [-0.05, 0) is 44.1 Å². The van der Waals surface area contributed by atoms with Gasteiger partial charge in [-0.1, -0.05) is 6.92 Å². The van der Waals surface area contributed by atoms with Crippen LogP contribution in [0.25, 0.3) is 0 Å². The van der Waals surface area contributed by atoms with Crippen LogP contribution >= 0.6 is 23.1 Å². The molecule has 1 saturated heterocycles. The predicted molar refractivity (Wildman–Crippen MR) is 88.9 cm³/mol. The Morgan fingerprint density at radius 3 is 2.90 bits per heavy atom. The SMILES string of the molecule is CCc1sc([C@@H](C)NC(=O)N(C)[C@H]2CCSC2)cc1C. The second kappa shape index (κ2) is 6.85. The average molecular weight is 313 g/mol. The molecular weight excluding hydrogens is 288 g/mol. The van der Waals surface area contributed by atoms with Gasteiger partial charge in [0.15, 0.2) is 0 Å². The first-order valence-corrected chi connectivity index (χ1v) is 9.20. The third-order valence-electron chi connectivity index (χ3n) is 3.90. The predicted octanol–water partition coefficient (Wildman–Crippen LogP) is 3.83. The van der Waals surface area contributed by atoms with E-state index < -0.39 is 0 Å². The third-order valence-corrected chi connectivity index (χ3v) is 6.61. The van der Waals surface area contributed by atoms with E-state index in [0.717, 1.165) is 18.6 Å². The molecule has 112 valence electrons. The van der Waals surface area contributed by atoms with Crippen molar-refractivity contribution in [2.75, 3.05) is 18.6 Å². The zero-order chi connectivity index (χ0) is 14.7. The van der Waals surface area contributed by atoms with Gasteiger partial charge in [0.1, 0.15) is 0 Å². The topological polar surface area (TPSA) is 32.3 Å². The zero-order valence-electron chi connectivity index (χ0n) is 12.7. The van der Waals surface area contributed by atoms with Gasteiger partial charge in [0, 0.05) is 28.6 Å². The lowest BCUT2D eigenvalue weighted by Gasteiger charge is -2.25. The Morgan fingerprint density at radius 2 is 2.35 bits per heavy atom. The number of hydrogen-bond acceptors (Lipinski definition) is 3. The lowest BCUT2D eigenvalue weighted by atomic mass is 10.2. The molecule has 1 aliphatic rings. The highest BCUT2D eigenvalue weighted by Crippen LogP contribution is 2.28.